The Morgan fingerprint density at radius 1 is 0.978 bits per heavy atom. The van der Waals surface area contributed by atoms with Gasteiger partial charge in [0.2, 0.25) is 10.9 Å². The molecule has 1 aliphatic rings. The molecule has 0 saturated carbocycles. The summed E-state index contributed by atoms with van der Waals surface area (Å²) in [6.45, 7) is 2.64. The van der Waals surface area contributed by atoms with Crippen LogP contribution >= 0.6 is 34.7 Å². The summed E-state index contributed by atoms with van der Waals surface area (Å²) < 4.78 is 23.0. The standard InChI is InChI=1S/C33H32ClN3O7S2/c1-5-6-15-44-23-13-9-20(10-14-23)28(38)26-27(21-16-24(41-2)30(43-4)25(17-21)42-3)37(31(40)29(26)39)32-35-36-33(46-32)45-18-19-7-11-22(34)12-8-19/h7-14,16-17,27,38H,5-6,15,18H2,1-4H3. The van der Waals surface area contributed by atoms with Crippen LogP contribution in [-0.2, 0) is 15.3 Å². The first kappa shape index (κ1) is 33.1. The van der Waals surface area contributed by atoms with Gasteiger partial charge in [-0.05, 0) is 66.1 Å². The molecule has 46 heavy (non-hydrogen) atoms. The molecule has 1 saturated heterocycles. The SMILES string of the molecule is CCCCOc1ccc(C(O)=C2C(=O)C(=O)N(c3nnc(SCc4ccc(Cl)cc4)s3)C2c2cc(OC)c(OC)c(OC)c2)cc1. The van der Waals surface area contributed by atoms with Crippen LogP contribution in [0.2, 0.25) is 5.02 Å². The molecule has 4 aromatic rings. The van der Waals surface area contributed by atoms with Gasteiger partial charge >= 0.3 is 5.91 Å². The first-order valence-corrected chi connectivity index (χ1v) is 16.5. The third kappa shape index (κ3) is 6.93. The number of unbranched alkanes of at least 4 members (excludes halogenated alkanes) is 1. The fourth-order valence-corrected chi connectivity index (χ4v) is 6.84. The van der Waals surface area contributed by atoms with Crippen molar-refractivity contribution < 1.29 is 33.6 Å². The summed E-state index contributed by atoms with van der Waals surface area (Å²) in [6, 6.07) is 16.4. The monoisotopic (exact) mass is 681 g/mol. The molecule has 240 valence electrons. The molecule has 0 aliphatic carbocycles. The normalized spacial score (nSPS) is 15.7. The van der Waals surface area contributed by atoms with E-state index in [1.165, 1.54) is 38.0 Å². The van der Waals surface area contributed by atoms with Gasteiger partial charge in [0.05, 0.1) is 39.6 Å². The largest absolute Gasteiger partial charge is 0.507 e. The van der Waals surface area contributed by atoms with E-state index in [2.05, 4.69) is 17.1 Å². The Balaban J connectivity index is 1.57. The number of ether oxygens (including phenoxy) is 4. The van der Waals surface area contributed by atoms with Gasteiger partial charge in [-0.1, -0.05) is 60.2 Å². The number of anilines is 1. The summed E-state index contributed by atoms with van der Waals surface area (Å²) in [5.41, 5.74) is 1.69. The van der Waals surface area contributed by atoms with Crippen LogP contribution in [0, 0.1) is 0 Å². The molecule has 1 unspecified atom stereocenters. The van der Waals surface area contributed by atoms with Gasteiger partial charge in [-0.3, -0.25) is 14.5 Å². The number of benzene rings is 3. The van der Waals surface area contributed by atoms with Crippen LogP contribution in [0.3, 0.4) is 0 Å². The molecular formula is C33H32ClN3O7S2. The number of nitrogens with zero attached hydrogens (tertiary/aromatic N) is 3. The van der Waals surface area contributed by atoms with Crippen LogP contribution in [0.1, 0.15) is 42.5 Å². The van der Waals surface area contributed by atoms with Crippen molar-refractivity contribution in [2.75, 3.05) is 32.8 Å². The molecule has 1 aliphatic heterocycles. The van der Waals surface area contributed by atoms with Crippen molar-refractivity contribution in [2.45, 2.75) is 35.9 Å². The van der Waals surface area contributed by atoms with Gasteiger partial charge in [0.25, 0.3) is 5.78 Å². The van der Waals surface area contributed by atoms with Crippen LogP contribution in [0.5, 0.6) is 23.0 Å². The predicted octanol–water partition coefficient (Wildman–Crippen LogP) is 7.31. The number of carbonyl (C=O) groups excluding carboxylic acids is 2. The molecule has 3 aromatic carbocycles. The summed E-state index contributed by atoms with van der Waals surface area (Å²) >= 11 is 8.61. The number of ketones is 1. The van der Waals surface area contributed by atoms with Crippen molar-refractivity contribution in [1.82, 2.24) is 10.2 Å². The van der Waals surface area contributed by atoms with E-state index in [0.717, 1.165) is 29.7 Å². The van der Waals surface area contributed by atoms with Crippen LogP contribution in [-0.4, -0.2) is 54.9 Å². The number of carbonyl (C=O) groups is 2. The third-order valence-corrected chi connectivity index (χ3v) is 9.60. The molecule has 10 nitrogen and oxygen atoms in total. The Morgan fingerprint density at radius 2 is 1.65 bits per heavy atom. The molecule has 5 rings (SSSR count). The molecule has 1 fully saturated rings. The second-order valence-corrected chi connectivity index (χ2v) is 12.7. The number of hydrogen-bond acceptors (Lipinski definition) is 11. The van der Waals surface area contributed by atoms with E-state index in [0.29, 0.717) is 55.8 Å². The van der Waals surface area contributed by atoms with Crippen molar-refractivity contribution >= 4 is 57.3 Å². The number of aliphatic hydroxyl groups is 1. The van der Waals surface area contributed by atoms with E-state index >= 15 is 0 Å². The number of Topliss-reactive ketones (excluding diaryl/α,β-unsaturated/α-hetero) is 1. The molecule has 1 N–H and O–H groups in total. The minimum atomic E-state index is -1.09. The van der Waals surface area contributed by atoms with Gasteiger partial charge in [-0.2, -0.15) is 0 Å². The van der Waals surface area contributed by atoms with Crippen molar-refractivity contribution in [3.63, 3.8) is 0 Å². The van der Waals surface area contributed by atoms with Crippen LogP contribution in [0.25, 0.3) is 5.76 Å². The van der Waals surface area contributed by atoms with Gasteiger partial charge in [-0.25, -0.2) is 0 Å². The van der Waals surface area contributed by atoms with Gasteiger partial charge in [0.1, 0.15) is 11.5 Å². The van der Waals surface area contributed by atoms with E-state index in [1.54, 1.807) is 36.4 Å². The molecule has 0 bridgehead atoms. The highest BCUT2D eigenvalue weighted by Crippen LogP contribution is 2.48. The Kier molecular flexibility index (Phi) is 10.7. The van der Waals surface area contributed by atoms with Gasteiger partial charge in [-0.15, -0.1) is 10.2 Å². The predicted molar refractivity (Wildman–Crippen MR) is 179 cm³/mol. The fraction of sp³-hybridized carbons (Fsp3) is 0.273. The van der Waals surface area contributed by atoms with E-state index < -0.39 is 17.7 Å². The highest BCUT2D eigenvalue weighted by atomic mass is 35.5. The summed E-state index contributed by atoms with van der Waals surface area (Å²) in [4.78, 5) is 28.7. The maximum absolute atomic E-state index is 13.7. The van der Waals surface area contributed by atoms with Crippen LogP contribution < -0.4 is 23.8 Å². The zero-order valence-corrected chi connectivity index (χ0v) is 28.0. The number of aromatic nitrogens is 2. The third-order valence-electron chi connectivity index (χ3n) is 7.22. The van der Waals surface area contributed by atoms with Gasteiger partial charge in [0, 0.05) is 16.3 Å². The average Bonchev–Trinajstić information content (AvgIpc) is 3.65. The average molecular weight is 682 g/mol. The number of thioether (sulfide) groups is 1. The maximum Gasteiger partial charge on any atom is 0.301 e. The second-order valence-electron chi connectivity index (χ2n) is 10.1. The van der Waals surface area contributed by atoms with Crippen molar-refractivity contribution in [3.8, 4) is 23.0 Å². The fourth-order valence-electron chi connectivity index (χ4n) is 4.89. The summed E-state index contributed by atoms with van der Waals surface area (Å²) in [7, 11) is 4.42. The lowest BCUT2D eigenvalue weighted by Crippen LogP contribution is -2.29. The highest BCUT2D eigenvalue weighted by molar-refractivity contribution is 8.00. The minimum absolute atomic E-state index is 0.121. The number of rotatable bonds is 13. The number of hydrogen-bond donors (Lipinski definition) is 1. The zero-order chi connectivity index (χ0) is 32.8. The highest BCUT2D eigenvalue weighted by Gasteiger charge is 2.49. The van der Waals surface area contributed by atoms with Crippen LogP contribution in [0.4, 0.5) is 5.13 Å². The van der Waals surface area contributed by atoms with E-state index in [1.807, 2.05) is 24.3 Å². The Hall–Kier alpha value is -4.26. The number of amides is 1. The molecule has 1 amide bonds. The lowest BCUT2D eigenvalue weighted by atomic mass is 9.94. The number of methoxy groups -OCH3 is 3. The maximum atomic E-state index is 13.7. The molecule has 1 atom stereocenters. The molecular weight excluding hydrogens is 650 g/mol. The summed E-state index contributed by atoms with van der Waals surface area (Å²) in [5.74, 6) is 0.112. The van der Waals surface area contributed by atoms with E-state index in [9.17, 15) is 14.7 Å². The minimum Gasteiger partial charge on any atom is -0.507 e. The van der Waals surface area contributed by atoms with E-state index in [4.69, 9.17) is 30.5 Å². The summed E-state index contributed by atoms with van der Waals surface area (Å²) in [6.07, 6.45) is 1.91. The van der Waals surface area contributed by atoms with Crippen LogP contribution in [0.15, 0.2) is 70.6 Å². The number of halogens is 1. The first-order chi connectivity index (χ1) is 22.3. The Morgan fingerprint density at radius 3 is 2.26 bits per heavy atom. The van der Waals surface area contributed by atoms with Crippen molar-refractivity contribution in [1.29, 1.82) is 0 Å². The number of aliphatic hydroxyl groups excluding tert-OH is 1. The molecule has 13 heteroatoms. The molecule has 0 spiro atoms. The summed E-state index contributed by atoms with van der Waals surface area (Å²) in [5, 5.41) is 21.0. The molecule has 2 heterocycles. The van der Waals surface area contributed by atoms with Crippen molar-refractivity contribution in [2.24, 2.45) is 0 Å². The molecule has 1 aromatic heterocycles. The lowest BCUT2D eigenvalue weighted by Gasteiger charge is -2.24. The molecule has 0 radical (unpaired) electrons. The van der Waals surface area contributed by atoms with Gasteiger partial charge < -0.3 is 24.1 Å². The topological polar surface area (TPSA) is 120 Å². The second kappa shape index (κ2) is 14.9. The zero-order valence-electron chi connectivity index (χ0n) is 25.6. The van der Waals surface area contributed by atoms with E-state index in [-0.39, 0.29) is 16.5 Å². The first-order valence-electron chi connectivity index (χ1n) is 14.3. The Bertz CT molecular complexity index is 1720. The van der Waals surface area contributed by atoms with Crippen molar-refractivity contribution in [3.05, 3.63) is 87.9 Å². The smallest absolute Gasteiger partial charge is 0.301 e. The quantitative estimate of drug-likeness (QED) is 0.0384. The Labute approximate surface area is 279 Å². The van der Waals surface area contributed by atoms with Gasteiger partial charge in [0.15, 0.2) is 15.8 Å². The lowest BCUT2D eigenvalue weighted by molar-refractivity contribution is -0.132.